The molecule has 1 aliphatic rings. The highest BCUT2D eigenvalue weighted by Gasteiger charge is 2.15. The van der Waals surface area contributed by atoms with Crippen molar-refractivity contribution in [3.05, 3.63) is 29.8 Å². The van der Waals surface area contributed by atoms with Gasteiger partial charge in [0.05, 0.1) is 6.10 Å². The van der Waals surface area contributed by atoms with Gasteiger partial charge in [-0.15, -0.1) is 6.42 Å². The molecule has 0 aliphatic heterocycles. The van der Waals surface area contributed by atoms with Crippen LogP contribution in [0.5, 0.6) is 5.75 Å². The SMILES string of the molecule is C#CCOc1ccccc1CNOC1CCCC1. The quantitative estimate of drug-likeness (QED) is 0.617. The molecular formula is C15H19NO2. The first-order valence-electron chi connectivity index (χ1n) is 6.43. The van der Waals surface area contributed by atoms with Crippen molar-refractivity contribution in [2.24, 2.45) is 0 Å². The van der Waals surface area contributed by atoms with E-state index in [9.17, 15) is 0 Å². The number of hydrogen-bond donors (Lipinski definition) is 1. The van der Waals surface area contributed by atoms with Crippen molar-refractivity contribution in [1.82, 2.24) is 5.48 Å². The minimum atomic E-state index is 0.292. The monoisotopic (exact) mass is 245 g/mol. The zero-order valence-electron chi connectivity index (χ0n) is 10.5. The van der Waals surface area contributed by atoms with Crippen LogP contribution in [0, 0.1) is 12.3 Å². The van der Waals surface area contributed by atoms with Gasteiger partial charge in [0.15, 0.2) is 0 Å². The van der Waals surface area contributed by atoms with Crippen molar-refractivity contribution in [3.8, 4) is 18.1 Å². The topological polar surface area (TPSA) is 30.5 Å². The Balaban J connectivity index is 1.82. The molecule has 0 aromatic heterocycles. The summed E-state index contributed by atoms with van der Waals surface area (Å²) >= 11 is 0. The van der Waals surface area contributed by atoms with Gasteiger partial charge in [0.25, 0.3) is 0 Å². The number of hydrogen-bond acceptors (Lipinski definition) is 3. The third kappa shape index (κ3) is 3.76. The van der Waals surface area contributed by atoms with Crippen LogP contribution in [0.1, 0.15) is 31.2 Å². The van der Waals surface area contributed by atoms with Crippen molar-refractivity contribution < 1.29 is 9.57 Å². The predicted octanol–water partition coefficient (Wildman–Crippen LogP) is 2.66. The van der Waals surface area contributed by atoms with E-state index in [0.29, 0.717) is 19.3 Å². The number of para-hydroxylation sites is 1. The Morgan fingerprint density at radius 3 is 2.83 bits per heavy atom. The van der Waals surface area contributed by atoms with Crippen molar-refractivity contribution in [2.75, 3.05) is 6.61 Å². The van der Waals surface area contributed by atoms with Gasteiger partial charge >= 0.3 is 0 Å². The second-order valence-electron chi connectivity index (χ2n) is 4.45. The first-order valence-corrected chi connectivity index (χ1v) is 6.43. The zero-order chi connectivity index (χ0) is 12.6. The van der Waals surface area contributed by atoms with Crippen molar-refractivity contribution in [1.29, 1.82) is 0 Å². The molecule has 1 aliphatic carbocycles. The third-order valence-electron chi connectivity index (χ3n) is 3.10. The Morgan fingerprint density at radius 1 is 1.28 bits per heavy atom. The molecule has 0 spiro atoms. The lowest BCUT2D eigenvalue weighted by Crippen LogP contribution is -2.21. The molecule has 1 fully saturated rings. The highest BCUT2D eigenvalue weighted by molar-refractivity contribution is 5.33. The molecule has 2 rings (SSSR count). The van der Waals surface area contributed by atoms with Crippen LogP contribution >= 0.6 is 0 Å². The van der Waals surface area contributed by atoms with Gasteiger partial charge in [0, 0.05) is 12.1 Å². The van der Waals surface area contributed by atoms with E-state index in [0.717, 1.165) is 24.2 Å². The Morgan fingerprint density at radius 2 is 2.06 bits per heavy atom. The Labute approximate surface area is 108 Å². The fourth-order valence-electron chi connectivity index (χ4n) is 2.15. The van der Waals surface area contributed by atoms with Crippen molar-refractivity contribution in [3.63, 3.8) is 0 Å². The van der Waals surface area contributed by atoms with Crippen LogP contribution in [-0.4, -0.2) is 12.7 Å². The van der Waals surface area contributed by atoms with E-state index in [1.54, 1.807) is 0 Å². The lowest BCUT2D eigenvalue weighted by molar-refractivity contribution is -0.0246. The van der Waals surface area contributed by atoms with E-state index in [4.69, 9.17) is 16.0 Å². The summed E-state index contributed by atoms with van der Waals surface area (Å²) in [4.78, 5) is 5.62. The zero-order valence-corrected chi connectivity index (χ0v) is 10.5. The highest BCUT2D eigenvalue weighted by atomic mass is 16.7. The summed E-state index contributed by atoms with van der Waals surface area (Å²) in [5.74, 6) is 3.29. The molecule has 0 atom stereocenters. The minimum Gasteiger partial charge on any atom is -0.481 e. The van der Waals surface area contributed by atoms with Gasteiger partial charge < -0.3 is 4.74 Å². The van der Waals surface area contributed by atoms with E-state index >= 15 is 0 Å². The van der Waals surface area contributed by atoms with E-state index in [2.05, 4.69) is 11.4 Å². The molecule has 0 heterocycles. The largest absolute Gasteiger partial charge is 0.481 e. The van der Waals surface area contributed by atoms with Gasteiger partial charge in [-0.2, -0.15) is 5.48 Å². The van der Waals surface area contributed by atoms with Gasteiger partial charge in [-0.05, 0) is 18.9 Å². The lowest BCUT2D eigenvalue weighted by Gasteiger charge is -2.13. The Bertz CT molecular complexity index is 405. The number of terminal acetylenes is 1. The average Bonchev–Trinajstić information content (AvgIpc) is 2.91. The maximum absolute atomic E-state index is 5.62. The van der Waals surface area contributed by atoms with Gasteiger partial charge in [0.2, 0.25) is 0 Å². The smallest absolute Gasteiger partial charge is 0.148 e. The van der Waals surface area contributed by atoms with Gasteiger partial charge in [-0.3, -0.25) is 4.84 Å². The van der Waals surface area contributed by atoms with E-state index in [1.165, 1.54) is 12.8 Å². The summed E-state index contributed by atoms with van der Waals surface area (Å²) in [7, 11) is 0. The van der Waals surface area contributed by atoms with Gasteiger partial charge in [-0.25, -0.2) is 0 Å². The minimum absolute atomic E-state index is 0.292. The van der Waals surface area contributed by atoms with Crippen LogP contribution in [0.4, 0.5) is 0 Å². The van der Waals surface area contributed by atoms with Gasteiger partial charge in [-0.1, -0.05) is 37.0 Å². The number of benzene rings is 1. The summed E-state index contributed by atoms with van der Waals surface area (Å²) in [6.45, 7) is 0.928. The van der Waals surface area contributed by atoms with Crippen molar-refractivity contribution in [2.45, 2.75) is 38.3 Å². The molecule has 0 unspecified atom stereocenters. The molecule has 0 bridgehead atoms. The first-order chi connectivity index (χ1) is 8.90. The summed E-state index contributed by atoms with van der Waals surface area (Å²) in [6, 6.07) is 7.85. The number of rotatable bonds is 6. The molecule has 3 nitrogen and oxygen atoms in total. The van der Waals surface area contributed by atoms with E-state index in [1.807, 2.05) is 24.3 Å². The fraction of sp³-hybridized carbons (Fsp3) is 0.467. The third-order valence-corrected chi connectivity index (χ3v) is 3.10. The van der Waals surface area contributed by atoms with Crippen LogP contribution in [0.25, 0.3) is 0 Å². The molecule has 1 aromatic rings. The molecule has 18 heavy (non-hydrogen) atoms. The fourth-order valence-corrected chi connectivity index (χ4v) is 2.15. The van der Waals surface area contributed by atoms with Crippen LogP contribution in [-0.2, 0) is 11.4 Å². The van der Waals surface area contributed by atoms with Crippen LogP contribution in [0.15, 0.2) is 24.3 Å². The highest BCUT2D eigenvalue weighted by Crippen LogP contribution is 2.21. The van der Waals surface area contributed by atoms with Crippen LogP contribution < -0.4 is 10.2 Å². The molecule has 3 heteroatoms. The maximum Gasteiger partial charge on any atom is 0.148 e. The standard InChI is InChI=1S/C15H19NO2/c1-2-11-17-15-10-6-3-7-13(15)12-16-18-14-8-4-5-9-14/h1,3,6-7,10,14,16H,4-5,8-9,11-12H2. The molecule has 1 saturated carbocycles. The maximum atomic E-state index is 5.62. The lowest BCUT2D eigenvalue weighted by atomic mass is 10.2. The van der Waals surface area contributed by atoms with E-state index in [-0.39, 0.29) is 0 Å². The van der Waals surface area contributed by atoms with Crippen LogP contribution in [0.3, 0.4) is 0 Å². The normalized spacial score (nSPS) is 15.5. The van der Waals surface area contributed by atoms with Crippen LogP contribution in [0.2, 0.25) is 0 Å². The summed E-state index contributed by atoms with van der Waals surface area (Å²) in [5, 5.41) is 0. The second-order valence-corrected chi connectivity index (χ2v) is 4.45. The van der Waals surface area contributed by atoms with Crippen molar-refractivity contribution >= 4 is 0 Å². The molecule has 0 saturated heterocycles. The molecule has 0 amide bonds. The summed E-state index contributed by atoms with van der Waals surface area (Å²) in [5.41, 5.74) is 4.09. The van der Waals surface area contributed by atoms with E-state index < -0.39 is 0 Å². The molecule has 0 radical (unpaired) electrons. The average molecular weight is 245 g/mol. The summed E-state index contributed by atoms with van der Waals surface area (Å²) < 4.78 is 5.48. The summed E-state index contributed by atoms with van der Waals surface area (Å²) in [6.07, 6.45) is 10.4. The Hall–Kier alpha value is -1.50. The first kappa shape index (κ1) is 12.9. The Kier molecular flexibility index (Phi) is 5.07. The second kappa shape index (κ2) is 7.05. The molecule has 96 valence electrons. The van der Waals surface area contributed by atoms with Gasteiger partial charge in [0.1, 0.15) is 12.4 Å². The molecule has 1 aromatic carbocycles. The number of nitrogens with one attached hydrogen (secondary N) is 1. The predicted molar refractivity (Wildman–Crippen MR) is 71.0 cm³/mol. The number of ether oxygens (including phenoxy) is 1. The number of hydroxylamine groups is 1. The molecule has 1 N–H and O–H groups in total. The molecular weight excluding hydrogens is 226 g/mol.